The van der Waals surface area contributed by atoms with Crippen LogP contribution in [0, 0.1) is 10.1 Å². The van der Waals surface area contributed by atoms with E-state index in [-0.39, 0.29) is 24.0 Å². The molecule has 0 atom stereocenters. The fourth-order valence-electron chi connectivity index (χ4n) is 2.27. The van der Waals surface area contributed by atoms with E-state index in [1.54, 1.807) is 5.38 Å². The summed E-state index contributed by atoms with van der Waals surface area (Å²) in [5, 5.41) is 17.8. The van der Waals surface area contributed by atoms with Gasteiger partial charge in [-0.1, -0.05) is 0 Å². The molecule has 0 aromatic carbocycles. The van der Waals surface area contributed by atoms with E-state index in [1.165, 1.54) is 23.0 Å². The molecule has 0 unspecified atom stereocenters. The van der Waals surface area contributed by atoms with E-state index < -0.39 is 16.4 Å². The molecule has 2 heterocycles. The van der Waals surface area contributed by atoms with Gasteiger partial charge in [0, 0.05) is 5.38 Å². The maximum Gasteiger partial charge on any atom is 0.342 e. The lowest BCUT2D eigenvalue weighted by molar-refractivity contribution is -0.391. The highest BCUT2D eigenvalue weighted by Gasteiger charge is 2.51. The topological polar surface area (TPSA) is 132 Å². The average molecular weight is 429 g/mol. The number of rotatable bonds is 6. The number of halogens is 1. The van der Waals surface area contributed by atoms with E-state index in [2.05, 4.69) is 36.5 Å². The van der Waals surface area contributed by atoms with Gasteiger partial charge >= 0.3 is 5.82 Å². The molecule has 2 aromatic rings. The molecule has 25 heavy (non-hydrogen) atoms. The van der Waals surface area contributed by atoms with Gasteiger partial charge in [0.1, 0.15) is 17.4 Å². The van der Waals surface area contributed by atoms with Crippen LogP contribution in [0.4, 0.5) is 5.82 Å². The Hall–Kier alpha value is -2.34. The van der Waals surface area contributed by atoms with Crippen LogP contribution in [0.25, 0.3) is 0 Å². The summed E-state index contributed by atoms with van der Waals surface area (Å²) < 4.78 is 1.88. The van der Waals surface area contributed by atoms with Crippen molar-refractivity contribution >= 4 is 44.9 Å². The van der Waals surface area contributed by atoms with Gasteiger partial charge in [-0.15, -0.1) is 11.3 Å². The van der Waals surface area contributed by atoms with Gasteiger partial charge < -0.3 is 20.7 Å². The highest BCUT2D eigenvalue weighted by atomic mass is 79.9. The minimum Gasteiger partial charge on any atom is -0.358 e. The second-order valence-electron chi connectivity index (χ2n) is 5.55. The van der Waals surface area contributed by atoms with Crippen molar-refractivity contribution in [1.82, 2.24) is 25.2 Å². The van der Waals surface area contributed by atoms with Crippen LogP contribution < -0.4 is 10.6 Å². The van der Waals surface area contributed by atoms with Crippen LogP contribution in [0.5, 0.6) is 0 Å². The zero-order valence-electron chi connectivity index (χ0n) is 13.0. The van der Waals surface area contributed by atoms with Crippen molar-refractivity contribution in [2.24, 2.45) is 7.05 Å². The third-order valence-electron chi connectivity index (χ3n) is 3.90. The quantitative estimate of drug-likeness (QED) is 0.523. The molecule has 0 saturated heterocycles. The third-order valence-corrected chi connectivity index (χ3v) is 5.27. The highest BCUT2D eigenvalue weighted by Crippen LogP contribution is 2.36. The highest BCUT2D eigenvalue weighted by molar-refractivity contribution is 9.11. The first-order chi connectivity index (χ1) is 11.8. The molecule has 132 valence electrons. The lowest BCUT2D eigenvalue weighted by Gasteiger charge is -2.16. The minimum atomic E-state index is -0.954. The van der Waals surface area contributed by atoms with Crippen molar-refractivity contribution in [3.63, 3.8) is 0 Å². The molecule has 0 aliphatic heterocycles. The average Bonchev–Trinajstić information content (AvgIpc) is 3.04. The SMILES string of the molecule is Cn1c([N+](=O)[O-])cnc1CNC(=O)C1(NC(=O)c2csc(Br)n2)CC1. The zero-order chi connectivity index (χ0) is 18.2. The number of nitro groups is 1. The van der Waals surface area contributed by atoms with Crippen LogP contribution in [0.3, 0.4) is 0 Å². The van der Waals surface area contributed by atoms with Crippen LogP contribution in [0.15, 0.2) is 15.5 Å². The van der Waals surface area contributed by atoms with Gasteiger partial charge in [0.25, 0.3) is 5.91 Å². The molecule has 12 heteroatoms. The van der Waals surface area contributed by atoms with Crippen molar-refractivity contribution in [3.8, 4) is 0 Å². The number of amides is 2. The predicted octanol–water partition coefficient (Wildman–Crippen LogP) is 1.13. The monoisotopic (exact) mass is 428 g/mol. The Kier molecular flexibility index (Phi) is 4.56. The van der Waals surface area contributed by atoms with E-state index in [9.17, 15) is 19.7 Å². The van der Waals surface area contributed by atoms with Crippen molar-refractivity contribution < 1.29 is 14.5 Å². The molecule has 1 saturated carbocycles. The lowest BCUT2D eigenvalue weighted by Crippen LogP contribution is -2.49. The van der Waals surface area contributed by atoms with Crippen molar-refractivity contribution in [3.05, 3.63) is 37.1 Å². The number of hydrogen-bond donors (Lipinski definition) is 2. The normalized spacial score (nSPS) is 14.8. The smallest absolute Gasteiger partial charge is 0.342 e. The van der Waals surface area contributed by atoms with Crippen LogP contribution >= 0.6 is 27.3 Å². The number of imidazole rings is 1. The number of aromatic nitrogens is 3. The van der Waals surface area contributed by atoms with Crippen LogP contribution in [-0.4, -0.2) is 36.8 Å². The van der Waals surface area contributed by atoms with Gasteiger partial charge in [0.2, 0.25) is 11.7 Å². The molecule has 0 bridgehead atoms. The summed E-state index contributed by atoms with van der Waals surface area (Å²) in [6, 6.07) is 0. The molecular formula is C13H13BrN6O4S. The van der Waals surface area contributed by atoms with Crippen LogP contribution in [0.2, 0.25) is 0 Å². The van der Waals surface area contributed by atoms with Crippen molar-refractivity contribution in [2.75, 3.05) is 0 Å². The van der Waals surface area contributed by atoms with Crippen LogP contribution in [-0.2, 0) is 18.4 Å². The summed E-state index contributed by atoms with van der Waals surface area (Å²) in [5.41, 5.74) is -0.708. The Morgan fingerprint density at radius 3 is 2.76 bits per heavy atom. The van der Waals surface area contributed by atoms with Crippen molar-refractivity contribution in [2.45, 2.75) is 24.9 Å². The first-order valence-corrected chi connectivity index (χ1v) is 8.86. The summed E-state index contributed by atoms with van der Waals surface area (Å²) in [5.74, 6) is -0.568. The summed E-state index contributed by atoms with van der Waals surface area (Å²) in [4.78, 5) is 42.8. The van der Waals surface area contributed by atoms with Gasteiger partial charge in [-0.25, -0.2) is 14.5 Å². The number of hydrogen-bond acceptors (Lipinski definition) is 7. The lowest BCUT2D eigenvalue weighted by atomic mass is 10.2. The first kappa shape index (κ1) is 17.5. The second-order valence-corrected chi connectivity index (χ2v) is 7.69. The molecule has 3 rings (SSSR count). The zero-order valence-corrected chi connectivity index (χ0v) is 15.4. The van der Waals surface area contributed by atoms with E-state index in [0.29, 0.717) is 22.6 Å². The summed E-state index contributed by atoms with van der Waals surface area (Å²) in [6.45, 7) is 0.0308. The third kappa shape index (κ3) is 3.54. The number of nitrogens with zero attached hydrogens (tertiary/aromatic N) is 4. The van der Waals surface area contributed by atoms with Gasteiger partial charge in [-0.3, -0.25) is 9.59 Å². The molecule has 0 radical (unpaired) electrons. The Morgan fingerprint density at radius 2 is 2.24 bits per heavy atom. The Bertz CT molecular complexity index is 859. The number of thiazole rings is 1. The summed E-state index contributed by atoms with van der Waals surface area (Å²) >= 11 is 4.46. The summed E-state index contributed by atoms with van der Waals surface area (Å²) in [7, 11) is 1.50. The Labute approximate surface area is 153 Å². The molecule has 0 spiro atoms. The van der Waals surface area contributed by atoms with E-state index in [0.717, 1.165) is 6.20 Å². The van der Waals surface area contributed by atoms with Gasteiger partial charge in [0.15, 0.2) is 3.92 Å². The predicted molar refractivity (Wildman–Crippen MR) is 91.0 cm³/mol. The molecule has 1 aliphatic rings. The molecule has 1 fully saturated rings. The van der Waals surface area contributed by atoms with E-state index >= 15 is 0 Å². The molecule has 2 N–H and O–H groups in total. The van der Waals surface area contributed by atoms with Gasteiger partial charge in [0.05, 0.1) is 13.6 Å². The summed E-state index contributed by atoms with van der Waals surface area (Å²) in [6.07, 6.45) is 2.18. The molecule has 1 aliphatic carbocycles. The minimum absolute atomic E-state index is 0.0308. The Morgan fingerprint density at radius 1 is 1.52 bits per heavy atom. The standard InChI is InChI=1S/C13H13BrN6O4S/c1-19-8(15-5-9(19)20(23)24)4-16-11(22)13(2-3-13)18-10(21)7-6-25-12(14)17-7/h5-6H,2-4H2,1H3,(H,16,22)(H,18,21). The molecule has 10 nitrogen and oxygen atoms in total. The molecule has 2 aromatic heterocycles. The number of nitrogens with one attached hydrogen (secondary N) is 2. The second kappa shape index (κ2) is 6.52. The van der Waals surface area contributed by atoms with Crippen LogP contribution in [0.1, 0.15) is 29.2 Å². The maximum absolute atomic E-state index is 12.4. The van der Waals surface area contributed by atoms with E-state index in [1.807, 2.05) is 0 Å². The molecular weight excluding hydrogens is 416 g/mol. The maximum atomic E-state index is 12.4. The first-order valence-electron chi connectivity index (χ1n) is 7.19. The number of carbonyl (C=O) groups excluding carboxylic acids is 2. The largest absolute Gasteiger partial charge is 0.358 e. The van der Waals surface area contributed by atoms with Gasteiger partial charge in [-0.2, -0.15) is 0 Å². The molecule has 2 amide bonds. The Balaban J connectivity index is 1.61. The van der Waals surface area contributed by atoms with Crippen molar-refractivity contribution in [1.29, 1.82) is 0 Å². The van der Waals surface area contributed by atoms with E-state index in [4.69, 9.17) is 0 Å². The van der Waals surface area contributed by atoms with Gasteiger partial charge in [-0.05, 0) is 33.7 Å². The fraction of sp³-hybridized carbons (Fsp3) is 0.385. The fourth-order valence-corrected chi connectivity index (χ4v) is 3.26. The number of carbonyl (C=O) groups is 2.